The fraction of sp³-hybridized carbons (Fsp3) is 0.400. The maximum absolute atomic E-state index is 13.4. The van der Waals surface area contributed by atoms with E-state index in [9.17, 15) is 4.79 Å². The topological polar surface area (TPSA) is 54.1 Å². The number of para-hydroxylation sites is 2. The average molecular weight is 386 g/mol. The molecular formula is C25H26N2O2. The van der Waals surface area contributed by atoms with E-state index in [1.54, 1.807) is 0 Å². The van der Waals surface area contributed by atoms with Crippen molar-refractivity contribution < 1.29 is 9.53 Å². The summed E-state index contributed by atoms with van der Waals surface area (Å²) >= 11 is 0. The first kappa shape index (κ1) is 17.3. The van der Waals surface area contributed by atoms with Crippen LogP contribution < -0.4 is 5.32 Å². The van der Waals surface area contributed by atoms with E-state index in [4.69, 9.17) is 4.74 Å². The van der Waals surface area contributed by atoms with Crippen LogP contribution in [0.3, 0.4) is 0 Å². The Morgan fingerprint density at radius 1 is 0.931 bits per heavy atom. The van der Waals surface area contributed by atoms with Gasteiger partial charge in [0.05, 0.1) is 5.69 Å². The molecule has 1 saturated heterocycles. The normalized spacial score (nSPS) is 30.8. The Morgan fingerprint density at radius 3 is 2.48 bits per heavy atom. The third-order valence-electron chi connectivity index (χ3n) is 7.47. The van der Waals surface area contributed by atoms with Gasteiger partial charge in [-0.05, 0) is 36.0 Å². The van der Waals surface area contributed by atoms with Gasteiger partial charge >= 0.3 is 0 Å². The number of aromatic nitrogens is 1. The van der Waals surface area contributed by atoms with Gasteiger partial charge in [0.2, 0.25) is 0 Å². The molecule has 3 aliphatic rings. The van der Waals surface area contributed by atoms with Gasteiger partial charge in [0.15, 0.2) is 5.60 Å². The van der Waals surface area contributed by atoms with Crippen molar-refractivity contribution in [3.8, 4) is 0 Å². The van der Waals surface area contributed by atoms with Crippen LogP contribution >= 0.6 is 0 Å². The summed E-state index contributed by atoms with van der Waals surface area (Å²) in [5.74, 6) is -0.0389. The highest BCUT2D eigenvalue weighted by molar-refractivity contribution is 6.06. The van der Waals surface area contributed by atoms with Crippen LogP contribution in [0, 0.1) is 5.41 Å². The molecular weight excluding hydrogens is 360 g/mol. The van der Waals surface area contributed by atoms with E-state index >= 15 is 0 Å². The minimum absolute atomic E-state index is 0.0366. The van der Waals surface area contributed by atoms with Gasteiger partial charge in [-0.15, -0.1) is 0 Å². The van der Waals surface area contributed by atoms with Crippen molar-refractivity contribution in [3.05, 3.63) is 65.4 Å². The van der Waals surface area contributed by atoms with Crippen molar-refractivity contribution in [3.63, 3.8) is 0 Å². The second-order valence-electron chi connectivity index (χ2n) is 10.3. The molecule has 148 valence electrons. The molecule has 4 heteroatoms. The van der Waals surface area contributed by atoms with E-state index < -0.39 is 11.2 Å². The molecule has 6 rings (SSSR count). The fourth-order valence-electron chi connectivity index (χ4n) is 6.63. The highest BCUT2D eigenvalue weighted by Crippen LogP contribution is 2.68. The number of fused-ring (bicyclic) bond motifs is 6. The van der Waals surface area contributed by atoms with Gasteiger partial charge in [-0.1, -0.05) is 64.1 Å². The Balaban J connectivity index is 1.61. The van der Waals surface area contributed by atoms with Crippen molar-refractivity contribution in [1.29, 1.82) is 0 Å². The zero-order valence-electron chi connectivity index (χ0n) is 17.3. The Kier molecular flexibility index (Phi) is 2.94. The number of anilines is 1. The lowest BCUT2D eigenvalue weighted by Crippen LogP contribution is -2.45. The quantitative estimate of drug-likeness (QED) is 0.548. The Morgan fingerprint density at radius 2 is 1.66 bits per heavy atom. The summed E-state index contributed by atoms with van der Waals surface area (Å²) in [5.41, 5.74) is 3.62. The summed E-state index contributed by atoms with van der Waals surface area (Å²) in [4.78, 5) is 17.1. The van der Waals surface area contributed by atoms with Crippen LogP contribution in [0.2, 0.25) is 0 Å². The van der Waals surface area contributed by atoms with Crippen LogP contribution in [-0.2, 0) is 26.1 Å². The third-order valence-corrected chi connectivity index (χ3v) is 7.47. The van der Waals surface area contributed by atoms with Crippen LogP contribution in [0.15, 0.2) is 48.5 Å². The number of hydrogen-bond donors (Lipinski definition) is 2. The number of H-pyrrole nitrogens is 1. The SMILES string of the molecule is CC1(C)CC2(CC(C)(C)C3(O2)C(=O)Nc2ccccc23)c2[nH]c3ccccc3c21. The monoisotopic (exact) mass is 386 g/mol. The molecule has 1 amide bonds. The number of rotatable bonds is 0. The van der Waals surface area contributed by atoms with E-state index in [-0.39, 0.29) is 16.7 Å². The predicted molar refractivity (Wildman–Crippen MR) is 114 cm³/mol. The summed E-state index contributed by atoms with van der Waals surface area (Å²) in [6.07, 6.45) is 1.66. The minimum atomic E-state index is -0.974. The van der Waals surface area contributed by atoms with Crippen molar-refractivity contribution >= 4 is 22.5 Å². The van der Waals surface area contributed by atoms with Gasteiger partial charge in [-0.25, -0.2) is 0 Å². The fourth-order valence-corrected chi connectivity index (χ4v) is 6.63. The van der Waals surface area contributed by atoms with E-state index in [1.165, 1.54) is 10.9 Å². The first-order chi connectivity index (χ1) is 13.7. The summed E-state index contributed by atoms with van der Waals surface area (Å²) in [6, 6.07) is 16.5. The molecule has 3 heterocycles. The van der Waals surface area contributed by atoms with E-state index in [1.807, 2.05) is 24.3 Å². The van der Waals surface area contributed by atoms with Gasteiger partial charge in [0.25, 0.3) is 5.91 Å². The standard InChI is InChI=1S/C25H26N2O2/c1-22(2)13-24(20-19(22)15-9-5-7-11-17(15)26-20)14-23(3,4)25(29-24)16-10-6-8-12-18(16)27-21(25)28/h5-12,26H,13-14H2,1-4H3,(H,27,28). The molecule has 1 aliphatic carbocycles. The smallest absolute Gasteiger partial charge is 0.261 e. The molecule has 1 fully saturated rings. The van der Waals surface area contributed by atoms with Crippen LogP contribution in [0.4, 0.5) is 5.69 Å². The summed E-state index contributed by atoms with van der Waals surface area (Å²) < 4.78 is 7.06. The van der Waals surface area contributed by atoms with Crippen molar-refractivity contribution in [2.45, 2.75) is 57.2 Å². The molecule has 2 N–H and O–H groups in total. The van der Waals surface area contributed by atoms with Gasteiger partial charge in [0.1, 0.15) is 5.60 Å². The number of carbonyl (C=O) groups excluding carboxylic acids is 1. The minimum Gasteiger partial charge on any atom is -0.356 e. The number of benzene rings is 2. The van der Waals surface area contributed by atoms with Crippen molar-refractivity contribution in [1.82, 2.24) is 4.98 Å². The lowest BCUT2D eigenvalue weighted by Gasteiger charge is -2.35. The Bertz CT molecular complexity index is 1200. The summed E-state index contributed by atoms with van der Waals surface area (Å²) in [5, 5.41) is 4.36. The van der Waals surface area contributed by atoms with E-state index in [2.05, 4.69) is 62.3 Å². The van der Waals surface area contributed by atoms with Gasteiger partial charge in [0, 0.05) is 27.6 Å². The molecule has 0 radical (unpaired) electrons. The van der Waals surface area contributed by atoms with Crippen LogP contribution in [0.5, 0.6) is 0 Å². The van der Waals surface area contributed by atoms with Crippen molar-refractivity contribution in [2.24, 2.45) is 5.41 Å². The molecule has 1 aromatic heterocycles. The molecule has 2 atom stereocenters. The third kappa shape index (κ3) is 1.87. The molecule has 0 saturated carbocycles. The molecule has 2 aromatic carbocycles. The largest absolute Gasteiger partial charge is 0.356 e. The van der Waals surface area contributed by atoms with E-state index in [0.29, 0.717) is 0 Å². The van der Waals surface area contributed by atoms with Crippen LogP contribution in [-0.4, -0.2) is 10.9 Å². The molecule has 4 nitrogen and oxygen atoms in total. The molecule has 0 bridgehead atoms. The number of amides is 1. The van der Waals surface area contributed by atoms with Crippen LogP contribution in [0.1, 0.15) is 57.4 Å². The predicted octanol–water partition coefficient (Wildman–Crippen LogP) is 5.34. The van der Waals surface area contributed by atoms with Gasteiger partial charge in [-0.3, -0.25) is 4.79 Å². The number of hydrogen-bond acceptors (Lipinski definition) is 2. The maximum Gasteiger partial charge on any atom is 0.261 e. The number of aromatic amines is 1. The zero-order valence-corrected chi connectivity index (χ0v) is 17.3. The highest BCUT2D eigenvalue weighted by atomic mass is 16.5. The van der Waals surface area contributed by atoms with E-state index in [0.717, 1.165) is 35.3 Å². The first-order valence-corrected chi connectivity index (χ1v) is 10.4. The Labute approximate surface area is 170 Å². The lowest BCUT2D eigenvalue weighted by molar-refractivity contribution is -0.164. The number of nitrogens with one attached hydrogen (secondary N) is 2. The maximum atomic E-state index is 13.4. The molecule has 29 heavy (non-hydrogen) atoms. The summed E-state index contributed by atoms with van der Waals surface area (Å²) in [6.45, 7) is 8.95. The number of carbonyl (C=O) groups is 1. The molecule has 3 aromatic rings. The van der Waals surface area contributed by atoms with Crippen molar-refractivity contribution in [2.75, 3.05) is 5.32 Å². The second kappa shape index (κ2) is 4.93. The molecule has 2 unspecified atom stereocenters. The lowest BCUT2D eigenvalue weighted by atomic mass is 9.69. The van der Waals surface area contributed by atoms with Gasteiger partial charge < -0.3 is 15.0 Å². The highest BCUT2D eigenvalue weighted by Gasteiger charge is 2.71. The second-order valence-corrected chi connectivity index (χ2v) is 10.3. The molecule has 2 spiro atoms. The molecule has 2 aliphatic heterocycles. The number of ether oxygens (including phenoxy) is 1. The van der Waals surface area contributed by atoms with Crippen LogP contribution in [0.25, 0.3) is 10.9 Å². The zero-order chi connectivity index (χ0) is 20.2. The average Bonchev–Trinajstić information content (AvgIpc) is 3.30. The Hall–Kier alpha value is -2.59. The van der Waals surface area contributed by atoms with Gasteiger partial charge in [-0.2, -0.15) is 0 Å². The first-order valence-electron chi connectivity index (χ1n) is 10.4. The summed E-state index contributed by atoms with van der Waals surface area (Å²) in [7, 11) is 0.